The van der Waals surface area contributed by atoms with Crippen LogP contribution >= 0.6 is 24.0 Å². The minimum atomic E-state index is -0.317. The quantitative estimate of drug-likeness (QED) is 0.492. The van der Waals surface area contributed by atoms with E-state index in [0.29, 0.717) is 10.9 Å². The summed E-state index contributed by atoms with van der Waals surface area (Å²) >= 11 is 6.36. The Kier molecular flexibility index (Phi) is 6.53. The summed E-state index contributed by atoms with van der Waals surface area (Å²) in [4.78, 5) is 11.4. The van der Waals surface area contributed by atoms with Gasteiger partial charge in [-0.15, -0.1) is 0 Å². The lowest BCUT2D eigenvalue weighted by Gasteiger charge is -2.13. The molecule has 0 aliphatic rings. The molecule has 0 bridgehead atoms. The van der Waals surface area contributed by atoms with Gasteiger partial charge < -0.3 is 4.74 Å². The molecule has 0 radical (unpaired) electrons. The van der Waals surface area contributed by atoms with Crippen LogP contribution in [0.2, 0.25) is 0 Å². The fourth-order valence-corrected chi connectivity index (χ4v) is 2.22. The number of hydrogen-bond donors (Lipinski definition) is 2. The average Bonchev–Trinajstić information content (AvgIpc) is 2.38. The Morgan fingerprint density at radius 3 is 2.72 bits per heavy atom. The lowest BCUT2D eigenvalue weighted by Crippen LogP contribution is -2.28. The van der Waals surface area contributed by atoms with Crippen molar-refractivity contribution < 1.29 is 9.53 Å². The van der Waals surface area contributed by atoms with Gasteiger partial charge in [0.05, 0.1) is 12.3 Å². The first-order valence-corrected chi connectivity index (χ1v) is 6.86. The molecule has 98 valence electrons. The van der Waals surface area contributed by atoms with E-state index in [-0.39, 0.29) is 11.2 Å². The van der Waals surface area contributed by atoms with Crippen molar-refractivity contribution in [3.05, 3.63) is 30.3 Å². The summed E-state index contributed by atoms with van der Waals surface area (Å²) in [5, 5.41) is -0.317. The molecule has 0 aliphatic heterocycles. The van der Waals surface area contributed by atoms with E-state index < -0.39 is 0 Å². The smallest absolute Gasteiger partial charge is 0.319 e. The second kappa shape index (κ2) is 7.94. The molecule has 0 saturated carbocycles. The molecule has 2 N–H and O–H groups in total. The zero-order chi connectivity index (χ0) is 13.4. The van der Waals surface area contributed by atoms with Crippen LogP contribution in [0.1, 0.15) is 13.8 Å². The van der Waals surface area contributed by atoms with Crippen molar-refractivity contribution in [1.29, 1.82) is 0 Å². The molecule has 0 spiro atoms. The predicted octanol–water partition coefficient (Wildman–Crippen LogP) is 2.57. The highest BCUT2D eigenvalue weighted by Gasteiger charge is 2.16. The molecule has 1 aromatic carbocycles. The SMILES string of the molecule is CCOC(=O)C(C)SC(=S)NNc1ccccc1. The lowest BCUT2D eigenvalue weighted by atomic mass is 10.3. The van der Waals surface area contributed by atoms with E-state index in [4.69, 9.17) is 17.0 Å². The zero-order valence-corrected chi connectivity index (χ0v) is 11.9. The number of hydrogen-bond acceptors (Lipinski definition) is 5. The maximum absolute atomic E-state index is 11.4. The van der Waals surface area contributed by atoms with E-state index in [1.807, 2.05) is 30.3 Å². The number of nitrogens with one attached hydrogen (secondary N) is 2. The van der Waals surface area contributed by atoms with Crippen LogP contribution in [0, 0.1) is 0 Å². The Bertz CT molecular complexity index is 398. The third-order valence-electron chi connectivity index (χ3n) is 1.99. The molecule has 0 saturated heterocycles. The Balaban J connectivity index is 2.31. The fourth-order valence-electron chi connectivity index (χ4n) is 1.14. The van der Waals surface area contributed by atoms with Gasteiger partial charge in [-0.1, -0.05) is 42.2 Å². The minimum absolute atomic E-state index is 0.258. The van der Waals surface area contributed by atoms with Gasteiger partial charge in [0.15, 0.2) is 4.32 Å². The highest BCUT2D eigenvalue weighted by Crippen LogP contribution is 2.13. The van der Waals surface area contributed by atoms with Gasteiger partial charge in [-0.3, -0.25) is 15.6 Å². The number of benzene rings is 1. The number of anilines is 1. The molecular formula is C12H16N2O2S2. The monoisotopic (exact) mass is 284 g/mol. The third-order valence-corrected chi connectivity index (χ3v) is 3.24. The van der Waals surface area contributed by atoms with Gasteiger partial charge in [0, 0.05) is 0 Å². The molecular weight excluding hydrogens is 268 g/mol. The number of carbonyl (C=O) groups is 1. The van der Waals surface area contributed by atoms with E-state index in [9.17, 15) is 4.79 Å². The summed E-state index contributed by atoms with van der Waals surface area (Å²) in [5.74, 6) is -0.258. The summed E-state index contributed by atoms with van der Waals surface area (Å²) < 4.78 is 5.40. The van der Waals surface area contributed by atoms with Crippen LogP contribution in [-0.4, -0.2) is 22.1 Å². The summed E-state index contributed by atoms with van der Waals surface area (Å²) in [6, 6.07) is 9.59. The molecule has 0 amide bonds. The van der Waals surface area contributed by atoms with Crippen LogP contribution in [0.3, 0.4) is 0 Å². The Morgan fingerprint density at radius 2 is 2.11 bits per heavy atom. The Hall–Kier alpha value is -1.27. The number of hydrazine groups is 1. The molecule has 1 rings (SSSR count). The van der Waals surface area contributed by atoms with E-state index >= 15 is 0 Å². The number of thiocarbonyl (C=S) groups is 1. The number of ether oxygens (including phenoxy) is 1. The normalized spacial score (nSPS) is 11.4. The van der Waals surface area contributed by atoms with E-state index in [1.54, 1.807) is 13.8 Å². The number of esters is 1. The van der Waals surface area contributed by atoms with Crippen LogP contribution in [0.15, 0.2) is 30.3 Å². The second-order valence-electron chi connectivity index (χ2n) is 3.42. The predicted molar refractivity (Wildman–Crippen MR) is 79.5 cm³/mol. The zero-order valence-electron chi connectivity index (χ0n) is 10.3. The van der Waals surface area contributed by atoms with Crippen molar-refractivity contribution in [3.8, 4) is 0 Å². The van der Waals surface area contributed by atoms with Gasteiger partial charge in [-0.25, -0.2) is 0 Å². The van der Waals surface area contributed by atoms with Gasteiger partial charge in [0.1, 0.15) is 5.25 Å². The van der Waals surface area contributed by atoms with Crippen LogP contribution in [0.4, 0.5) is 5.69 Å². The number of carbonyl (C=O) groups excluding carboxylic acids is 1. The molecule has 0 heterocycles. The summed E-state index contributed by atoms with van der Waals surface area (Å²) in [6.45, 7) is 3.92. The largest absolute Gasteiger partial charge is 0.465 e. The van der Waals surface area contributed by atoms with Crippen LogP contribution in [0.25, 0.3) is 0 Å². The molecule has 6 heteroatoms. The second-order valence-corrected chi connectivity index (χ2v) is 5.43. The van der Waals surface area contributed by atoms with E-state index in [2.05, 4.69) is 10.9 Å². The van der Waals surface area contributed by atoms with Gasteiger partial charge in [0.2, 0.25) is 0 Å². The van der Waals surface area contributed by atoms with Crippen molar-refractivity contribution in [3.63, 3.8) is 0 Å². The first kappa shape index (κ1) is 14.8. The molecule has 0 aromatic heterocycles. The highest BCUT2D eigenvalue weighted by molar-refractivity contribution is 8.23. The molecule has 0 aliphatic carbocycles. The maximum atomic E-state index is 11.4. The van der Waals surface area contributed by atoms with Crippen LogP contribution in [0.5, 0.6) is 0 Å². The van der Waals surface area contributed by atoms with Crippen molar-refractivity contribution in [2.45, 2.75) is 19.1 Å². The summed E-state index contributed by atoms with van der Waals surface area (Å²) in [7, 11) is 0. The maximum Gasteiger partial charge on any atom is 0.319 e. The van der Waals surface area contributed by atoms with Crippen LogP contribution in [-0.2, 0) is 9.53 Å². The topological polar surface area (TPSA) is 50.4 Å². The summed E-state index contributed by atoms with van der Waals surface area (Å²) in [5.41, 5.74) is 6.73. The number of para-hydroxylation sites is 1. The lowest BCUT2D eigenvalue weighted by molar-refractivity contribution is -0.142. The van der Waals surface area contributed by atoms with Crippen molar-refractivity contribution in [2.24, 2.45) is 0 Å². The van der Waals surface area contributed by atoms with Crippen LogP contribution < -0.4 is 10.9 Å². The molecule has 18 heavy (non-hydrogen) atoms. The first-order chi connectivity index (χ1) is 8.63. The van der Waals surface area contributed by atoms with Crippen molar-refractivity contribution in [1.82, 2.24) is 5.43 Å². The fraction of sp³-hybridized carbons (Fsp3) is 0.333. The first-order valence-electron chi connectivity index (χ1n) is 5.57. The molecule has 4 nitrogen and oxygen atoms in total. The number of rotatable bonds is 5. The number of thioether (sulfide) groups is 1. The van der Waals surface area contributed by atoms with Gasteiger partial charge in [-0.2, -0.15) is 0 Å². The molecule has 1 unspecified atom stereocenters. The third kappa shape index (κ3) is 5.37. The highest BCUT2D eigenvalue weighted by atomic mass is 32.2. The van der Waals surface area contributed by atoms with Crippen molar-refractivity contribution >= 4 is 40.0 Å². The minimum Gasteiger partial charge on any atom is -0.465 e. The van der Waals surface area contributed by atoms with Gasteiger partial charge in [0.25, 0.3) is 0 Å². The standard InChI is InChI=1S/C12H16N2O2S2/c1-3-16-11(15)9(2)18-12(17)14-13-10-7-5-4-6-8-10/h4-9,13H,3H2,1-2H3,(H,14,17). The average molecular weight is 284 g/mol. The molecule has 1 aromatic rings. The van der Waals surface area contributed by atoms with Gasteiger partial charge >= 0.3 is 5.97 Å². The van der Waals surface area contributed by atoms with E-state index in [0.717, 1.165) is 5.69 Å². The Morgan fingerprint density at radius 1 is 1.44 bits per heavy atom. The van der Waals surface area contributed by atoms with Gasteiger partial charge in [-0.05, 0) is 26.0 Å². The Labute approximate surface area is 116 Å². The van der Waals surface area contributed by atoms with Crippen molar-refractivity contribution in [2.75, 3.05) is 12.0 Å². The molecule has 1 atom stereocenters. The molecule has 0 fully saturated rings. The summed E-state index contributed by atoms with van der Waals surface area (Å²) in [6.07, 6.45) is 0. The van der Waals surface area contributed by atoms with E-state index in [1.165, 1.54) is 11.8 Å².